The normalized spacial score (nSPS) is 11.6. The Morgan fingerprint density at radius 1 is 0.378 bits per heavy atom. The predicted molar refractivity (Wildman–Crippen MR) is 184 cm³/mol. The van der Waals surface area contributed by atoms with E-state index in [9.17, 15) is 0 Å². The molecule has 9 rings (SSSR count). The first-order chi connectivity index (χ1) is 22.3. The van der Waals surface area contributed by atoms with Crippen LogP contribution in [-0.4, -0.2) is 15.0 Å². The van der Waals surface area contributed by atoms with Crippen LogP contribution in [0.15, 0.2) is 156 Å². The Labute approximate surface area is 259 Å². The zero-order valence-corrected chi connectivity index (χ0v) is 24.2. The largest absolute Gasteiger partial charge is 0.455 e. The Balaban J connectivity index is 1.31. The zero-order valence-electron chi connectivity index (χ0n) is 24.2. The van der Waals surface area contributed by atoms with Crippen LogP contribution in [0.2, 0.25) is 0 Å². The SMILES string of the molecule is c1ccc(-c2nc(-c3ccc4ccccc4c3)nc(-c3cccc4c3oc3cc(-c5ccccc5)c5ccccc5c34)n2)cc1. The number of benzene rings is 7. The first-order valence-corrected chi connectivity index (χ1v) is 15.0. The van der Waals surface area contributed by atoms with Gasteiger partial charge in [-0.2, -0.15) is 0 Å². The van der Waals surface area contributed by atoms with E-state index in [4.69, 9.17) is 19.4 Å². The molecule has 2 heterocycles. The third-order valence-electron chi connectivity index (χ3n) is 8.51. The molecule has 0 bridgehead atoms. The van der Waals surface area contributed by atoms with Gasteiger partial charge in [-0.05, 0) is 50.9 Å². The summed E-state index contributed by atoms with van der Waals surface area (Å²) in [5, 5.41) is 6.78. The fraction of sp³-hybridized carbons (Fsp3) is 0. The molecule has 4 heteroatoms. The van der Waals surface area contributed by atoms with Gasteiger partial charge in [-0.3, -0.25) is 0 Å². The number of nitrogens with zero attached hydrogens (tertiary/aromatic N) is 3. The van der Waals surface area contributed by atoms with Gasteiger partial charge >= 0.3 is 0 Å². The van der Waals surface area contributed by atoms with Gasteiger partial charge < -0.3 is 4.42 Å². The highest BCUT2D eigenvalue weighted by molar-refractivity contribution is 6.23. The maximum atomic E-state index is 6.76. The van der Waals surface area contributed by atoms with Crippen LogP contribution in [0.4, 0.5) is 0 Å². The first kappa shape index (κ1) is 25.4. The highest BCUT2D eigenvalue weighted by atomic mass is 16.3. The number of aromatic nitrogens is 3. The summed E-state index contributed by atoms with van der Waals surface area (Å²) in [7, 11) is 0. The Bertz CT molecular complexity index is 2540. The van der Waals surface area contributed by atoms with Gasteiger partial charge in [-0.25, -0.2) is 15.0 Å². The second-order valence-corrected chi connectivity index (χ2v) is 11.2. The minimum absolute atomic E-state index is 0.573. The summed E-state index contributed by atoms with van der Waals surface area (Å²) in [5.41, 5.74) is 6.59. The van der Waals surface area contributed by atoms with Crippen LogP contribution in [0.25, 0.3) is 88.8 Å². The lowest BCUT2D eigenvalue weighted by molar-refractivity contribution is 0.670. The van der Waals surface area contributed by atoms with Gasteiger partial charge in [0.15, 0.2) is 17.5 Å². The first-order valence-electron chi connectivity index (χ1n) is 15.0. The summed E-state index contributed by atoms with van der Waals surface area (Å²) >= 11 is 0. The molecule has 0 saturated heterocycles. The number of para-hydroxylation sites is 1. The van der Waals surface area contributed by atoms with E-state index in [1.165, 1.54) is 10.8 Å². The molecule has 0 N–H and O–H groups in total. The van der Waals surface area contributed by atoms with Crippen molar-refractivity contribution in [3.8, 4) is 45.3 Å². The van der Waals surface area contributed by atoms with Crippen molar-refractivity contribution in [3.63, 3.8) is 0 Å². The molecule has 0 radical (unpaired) electrons. The molecule has 0 aliphatic carbocycles. The lowest BCUT2D eigenvalue weighted by Gasteiger charge is -2.09. The van der Waals surface area contributed by atoms with Crippen molar-refractivity contribution in [1.82, 2.24) is 15.0 Å². The highest BCUT2D eigenvalue weighted by Crippen LogP contribution is 2.42. The zero-order chi connectivity index (χ0) is 29.7. The average molecular weight is 576 g/mol. The summed E-state index contributed by atoms with van der Waals surface area (Å²) in [6, 6.07) is 52.2. The van der Waals surface area contributed by atoms with Gasteiger partial charge in [-0.1, -0.05) is 133 Å². The highest BCUT2D eigenvalue weighted by Gasteiger charge is 2.20. The average Bonchev–Trinajstić information content (AvgIpc) is 3.51. The number of hydrogen-bond acceptors (Lipinski definition) is 4. The molecule has 0 saturated carbocycles. The quantitative estimate of drug-likeness (QED) is 0.209. The minimum atomic E-state index is 0.573. The molecule has 0 spiro atoms. The molecule has 210 valence electrons. The van der Waals surface area contributed by atoms with E-state index < -0.39 is 0 Å². The van der Waals surface area contributed by atoms with E-state index >= 15 is 0 Å². The molecular weight excluding hydrogens is 550 g/mol. The number of hydrogen-bond donors (Lipinski definition) is 0. The summed E-state index contributed by atoms with van der Waals surface area (Å²) in [6.45, 7) is 0. The summed E-state index contributed by atoms with van der Waals surface area (Å²) in [6.07, 6.45) is 0. The smallest absolute Gasteiger partial charge is 0.167 e. The molecular formula is C41H25N3O. The number of rotatable bonds is 4. The lowest BCUT2D eigenvalue weighted by atomic mass is 9.95. The van der Waals surface area contributed by atoms with Crippen LogP contribution >= 0.6 is 0 Å². The molecule has 9 aromatic rings. The third-order valence-corrected chi connectivity index (χ3v) is 8.51. The lowest BCUT2D eigenvalue weighted by Crippen LogP contribution is -2.00. The predicted octanol–water partition coefficient (Wildman–Crippen LogP) is 10.7. The van der Waals surface area contributed by atoms with Crippen molar-refractivity contribution in [2.75, 3.05) is 0 Å². The van der Waals surface area contributed by atoms with Crippen molar-refractivity contribution in [2.24, 2.45) is 0 Å². The fourth-order valence-corrected chi connectivity index (χ4v) is 6.36. The van der Waals surface area contributed by atoms with E-state index in [2.05, 4.69) is 109 Å². The number of fused-ring (bicyclic) bond motifs is 6. The van der Waals surface area contributed by atoms with Gasteiger partial charge in [0, 0.05) is 21.9 Å². The van der Waals surface area contributed by atoms with Crippen LogP contribution in [0.5, 0.6) is 0 Å². The minimum Gasteiger partial charge on any atom is -0.455 e. The van der Waals surface area contributed by atoms with E-state index in [-0.39, 0.29) is 0 Å². The topological polar surface area (TPSA) is 51.8 Å². The van der Waals surface area contributed by atoms with Gasteiger partial charge in [-0.15, -0.1) is 0 Å². The molecule has 0 atom stereocenters. The molecule has 0 aliphatic heterocycles. The second-order valence-electron chi connectivity index (χ2n) is 11.2. The van der Waals surface area contributed by atoms with E-state index in [0.29, 0.717) is 17.5 Å². The van der Waals surface area contributed by atoms with Crippen LogP contribution in [-0.2, 0) is 0 Å². The standard InChI is InChI=1S/C41H25N3O/c1-3-13-27(14-4-1)35-25-36-37(32-19-10-9-18-31(32)35)33-20-11-21-34(38(33)45-36)41-43-39(28-15-5-2-6-16-28)42-40(44-41)30-23-22-26-12-7-8-17-29(26)24-30/h1-25H. The van der Waals surface area contributed by atoms with Gasteiger partial charge in [0.2, 0.25) is 0 Å². The van der Waals surface area contributed by atoms with Crippen molar-refractivity contribution >= 4 is 43.5 Å². The number of furan rings is 1. The molecule has 0 aliphatic rings. The van der Waals surface area contributed by atoms with Crippen LogP contribution in [0.3, 0.4) is 0 Å². The van der Waals surface area contributed by atoms with Crippen molar-refractivity contribution in [1.29, 1.82) is 0 Å². The fourth-order valence-electron chi connectivity index (χ4n) is 6.36. The second kappa shape index (κ2) is 10.2. The molecule has 0 amide bonds. The molecule has 0 unspecified atom stereocenters. The van der Waals surface area contributed by atoms with Crippen molar-refractivity contribution in [2.45, 2.75) is 0 Å². The molecule has 2 aromatic heterocycles. The maximum absolute atomic E-state index is 6.76. The molecule has 45 heavy (non-hydrogen) atoms. The van der Waals surface area contributed by atoms with Gasteiger partial charge in [0.1, 0.15) is 11.2 Å². The molecule has 7 aromatic carbocycles. The van der Waals surface area contributed by atoms with Gasteiger partial charge in [0.05, 0.1) is 5.56 Å². The van der Waals surface area contributed by atoms with Crippen molar-refractivity contribution in [3.05, 3.63) is 152 Å². The van der Waals surface area contributed by atoms with E-state index in [0.717, 1.165) is 60.5 Å². The summed E-state index contributed by atoms with van der Waals surface area (Å²) in [4.78, 5) is 15.1. The monoisotopic (exact) mass is 575 g/mol. The third kappa shape index (κ3) is 4.27. The Morgan fingerprint density at radius 2 is 1.00 bits per heavy atom. The molecule has 4 nitrogen and oxygen atoms in total. The Hall–Kier alpha value is -6.13. The summed E-state index contributed by atoms with van der Waals surface area (Å²) in [5.74, 6) is 1.81. The van der Waals surface area contributed by atoms with Crippen LogP contribution < -0.4 is 0 Å². The summed E-state index contributed by atoms with van der Waals surface area (Å²) < 4.78 is 6.76. The van der Waals surface area contributed by atoms with E-state index in [1.807, 2.05) is 42.5 Å². The van der Waals surface area contributed by atoms with Crippen LogP contribution in [0.1, 0.15) is 0 Å². The van der Waals surface area contributed by atoms with Crippen molar-refractivity contribution < 1.29 is 4.42 Å². The van der Waals surface area contributed by atoms with Crippen LogP contribution in [0, 0.1) is 0 Å². The maximum Gasteiger partial charge on any atom is 0.167 e. The van der Waals surface area contributed by atoms with Gasteiger partial charge in [0.25, 0.3) is 0 Å². The van der Waals surface area contributed by atoms with E-state index in [1.54, 1.807) is 0 Å². The Morgan fingerprint density at radius 3 is 1.80 bits per heavy atom. The Kier molecular flexibility index (Phi) is 5.78. The molecule has 0 fully saturated rings.